The lowest BCUT2D eigenvalue weighted by atomic mass is 10.2. The van der Waals surface area contributed by atoms with Crippen molar-refractivity contribution < 1.29 is 12.9 Å². The molecule has 0 unspecified atom stereocenters. The molecule has 0 saturated carbocycles. The zero-order valence-electron chi connectivity index (χ0n) is 12.5. The third-order valence-corrected chi connectivity index (χ3v) is 5.89. The summed E-state index contributed by atoms with van der Waals surface area (Å²) in [5.74, 6) is 0.633. The van der Waals surface area contributed by atoms with Gasteiger partial charge in [0.25, 0.3) is 0 Å². The molecule has 2 aromatic rings. The Morgan fingerprint density at radius 1 is 1.29 bits per heavy atom. The molecule has 0 aliphatic heterocycles. The first-order valence-corrected chi connectivity index (χ1v) is 8.80. The van der Waals surface area contributed by atoms with Gasteiger partial charge in [0, 0.05) is 28.4 Å². The third-order valence-electron chi connectivity index (χ3n) is 3.18. The van der Waals surface area contributed by atoms with Crippen LogP contribution in [0.4, 0.5) is 0 Å². The van der Waals surface area contributed by atoms with Crippen LogP contribution in [-0.4, -0.2) is 20.6 Å². The molecule has 116 valence electrons. The van der Waals surface area contributed by atoms with Crippen LogP contribution in [0.2, 0.25) is 0 Å². The number of nitrogens with one attached hydrogen (secondary N) is 2. The van der Waals surface area contributed by atoms with Crippen molar-refractivity contribution in [3.8, 4) is 0 Å². The number of thiophene rings is 1. The van der Waals surface area contributed by atoms with Crippen LogP contribution >= 0.6 is 11.3 Å². The molecule has 21 heavy (non-hydrogen) atoms. The summed E-state index contributed by atoms with van der Waals surface area (Å²) in [6.07, 6.45) is 0. The maximum atomic E-state index is 12.4. The Morgan fingerprint density at radius 3 is 2.57 bits per heavy atom. The summed E-state index contributed by atoms with van der Waals surface area (Å²) in [5.41, 5.74) is 1.48. The summed E-state index contributed by atoms with van der Waals surface area (Å²) in [7, 11) is -1.70. The van der Waals surface area contributed by atoms with Gasteiger partial charge < -0.3 is 9.84 Å². The molecule has 0 saturated heterocycles. The zero-order chi connectivity index (χ0) is 15.6. The Bertz CT molecular complexity index is 712. The van der Waals surface area contributed by atoms with Crippen LogP contribution in [-0.2, 0) is 23.1 Å². The second kappa shape index (κ2) is 6.27. The zero-order valence-corrected chi connectivity index (χ0v) is 14.1. The van der Waals surface area contributed by atoms with E-state index in [9.17, 15) is 8.42 Å². The highest BCUT2D eigenvalue weighted by atomic mass is 32.2. The van der Waals surface area contributed by atoms with Gasteiger partial charge in [0.2, 0.25) is 10.0 Å². The number of aryl methyl sites for hydroxylation is 3. The molecule has 2 aromatic heterocycles. The molecule has 2 rings (SSSR count). The minimum absolute atomic E-state index is 0.181. The quantitative estimate of drug-likeness (QED) is 0.845. The molecule has 0 aliphatic carbocycles. The van der Waals surface area contributed by atoms with E-state index >= 15 is 0 Å². The van der Waals surface area contributed by atoms with Crippen molar-refractivity contribution in [2.24, 2.45) is 0 Å². The molecule has 0 radical (unpaired) electrons. The van der Waals surface area contributed by atoms with Crippen molar-refractivity contribution in [3.05, 3.63) is 32.8 Å². The molecule has 0 spiro atoms. The van der Waals surface area contributed by atoms with E-state index in [1.807, 2.05) is 14.0 Å². The molecule has 0 bridgehead atoms. The Morgan fingerprint density at radius 2 is 2.00 bits per heavy atom. The molecule has 2 N–H and O–H groups in total. The van der Waals surface area contributed by atoms with E-state index in [2.05, 4.69) is 15.2 Å². The topological polar surface area (TPSA) is 84.2 Å². The molecular weight excluding hydrogens is 310 g/mol. The summed E-state index contributed by atoms with van der Waals surface area (Å²) in [6.45, 7) is 6.21. The van der Waals surface area contributed by atoms with Crippen molar-refractivity contribution in [1.82, 2.24) is 15.2 Å². The van der Waals surface area contributed by atoms with Crippen LogP contribution in [0, 0.1) is 20.8 Å². The molecule has 0 aromatic carbocycles. The standard InChI is InChI=1S/C13H19N3O3S2/c1-8-12(9(2)19-16-8)7-15-21(17,18)13-5-11(6-14-4)20-10(13)3/h5,14-15H,6-7H2,1-4H3. The SMILES string of the molecule is CNCc1cc(S(=O)(=O)NCc2c(C)noc2C)c(C)s1. The van der Waals surface area contributed by atoms with Gasteiger partial charge in [0.15, 0.2) is 0 Å². The average molecular weight is 329 g/mol. The van der Waals surface area contributed by atoms with Crippen LogP contribution in [0.25, 0.3) is 0 Å². The van der Waals surface area contributed by atoms with Gasteiger partial charge >= 0.3 is 0 Å². The highest BCUT2D eigenvalue weighted by Crippen LogP contribution is 2.26. The van der Waals surface area contributed by atoms with Crippen molar-refractivity contribution in [2.75, 3.05) is 7.05 Å². The minimum Gasteiger partial charge on any atom is -0.361 e. The Balaban J connectivity index is 2.19. The molecule has 0 aliphatic rings. The predicted molar refractivity (Wildman–Crippen MR) is 81.8 cm³/mol. The number of hydrogen-bond acceptors (Lipinski definition) is 6. The first kappa shape index (κ1) is 16.2. The van der Waals surface area contributed by atoms with E-state index in [0.717, 1.165) is 15.3 Å². The van der Waals surface area contributed by atoms with Gasteiger partial charge in [0.1, 0.15) is 5.76 Å². The van der Waals surface area contributed by atoms with E-state index < -0.39 is 10.0 Å². The van der Waals surface area contributed by atoms with Crippen LogP contribution < -0.4 is 10.0 Å². The van der Waals surface area contributed by atoms with Crippen molar-refractivity contribution in [3.63, 3.8) is 0 Å². The van der Waals surface area contributed by atoms with Crippen LogP contribution in [0.1, 0.15) is 26.8 Å². The molecule has 6 nitrogen and oxygen atoms in total. The van der Waals surface area contributed by atoms with Crippen molar-refractivity contribution >= 4 is 21.4 Å². The predicted octanol–water partition coefficient (Wildman–Crippen LogP) is 1.86. The lowest BCUT2D eigenvalue weighted by Gasteiger charge is -2.05. The number of nitrogens with zero attached hydrogens (tertiary/aromatic N) is 1. The van der Waals surface area contributed by atoms with E-state index in [4.69, 9.17) is 4.52 Å². The Hall–Kier alpha value is -1.22. The van der Waals surface area contributed by atoms with Gasteiger partial charge in [-0.1, -0.05) is 5.16 Å². The molecule has 2 heterocycles. The van der Waals surface area contributed by atoms with Crippen molar-refractivity contribution in [2.45, 2.75) is 38.8 Å². The van der Waals surface area contributed by atoms with Gasteiger partial charge in [-0.3, -0.25) is 0 Å². The fourth-order valence-electron chi connectivity index (χ4n) is 2.05. The number of rotatable bonds is 6. The Kier molecular flexibility index (Phi) is 4.82. The van der Waals surface area contributed by atoms with E-state index in [1.165, 1.54) is 11.3 Å². The van der Waals surface area contributed by atoms with Gasteiger partial charge in [-0.2, -0.15) is 0 Å². The summed E-state index contributed by atoms with van der Waals surface area (Å²) in [4.78, 5) is 2.11. The molecule has 0 amide bonds. The molecule has 0 fully saturated rings. The number of sulfonamides is 1. The first-order chi connectivity index (χ1) is 9.85. The van der Waals surface area contributed by atoms with Crippen molar-refractivity contribution in [1.29, 1.82) is 0 Å². The van der Waals surface area contributed by atoms with Gasteiger partial charge in [-0.25, -0.2) is 13.1 Å². The molecule has 8 heteroatoms. The highest BCUT2D eigenvalue weighted by molar-refractivity contribution is 7.89. The second-order valence-corrected chi connectivity index (χ2v) is 7.87. The van der Waals surface area contributed by atoms with Crippen LogP contribution in [0.15, 0.2) is 15.5 Å². The van der Waals surface area contributed by atoms with Gasteiger partial charge in [-0.15, -0.1) is 11.3 Å². The van der Waals surface area contributed by atoms with Crippen LogP contribution in [0.3, 0.4) is 0 Å². The highest BCUT2D eigenvalue weighted by Gasteiger charge is 2.21. The van der Waals surface area contributed by atoms with E-state index in [0.29, 0.717) is 22.9 Å². The largest absolute Gasteiger partial charge is 0.361 e. The fraction of sp³-hybridized carbons (Fsp3) is 0.462. The van der Waals surface area contributed by atoms with E-state index in [-0.39, 0.29) is 6.54 Å². The summed E-state index contributed by atoms with van der Waals surface area (Å²) in [5, 5.41) is 6.84. The third kappa shape index (κ3) is 3.52. The molecular formula is C13H19N3O3S2. The summed E-state index contributed by atoms with van der Waals surface area (Å²) in [6, 6.07) is 1.71. The number of hydrogen-bond donors (Lipinski definition) is 2. The first-order valence-electron chi connectivity index (χ1n) is 6.50. The Labute approximate surface area is 128 Å². The second-order valence-electron chi connectivity index (χ2n) is 4.79. The smallest absolute Gasteiger partial charge is 0.241 e. The maximum Gasteiger partial charge on any atom is 0.241 e. The van der Waals surface area contributed by atoms with Gasteiger partial charge in [-0.05, 0) is 33.9 Å². The molecule has 0 atom stereocenters. The normalized spacial score (nSPS) is 12.0. The van der Waals surface area contributed by atoms with E-state index in [1.54, 1.807) is 19.9 Å². The summed E-state index contributed by atoms with van der Waals surface area (Å²) < 4.78 is 32.5. The lowest BCUT2D eigenvalue weighted by molar-refractivity contribution is 0.392. The monoisotopic (exact) mass is 329 g/mol. The maximum absolute atomic E-state index is 12.4. The average Bonchev–Trinajstić information content (AvgIpc) is 2.92. The minimum atomic E-state index is -3.53. The number of aromatic nitrogens is 1. The lowest BCUT2D eigenvalue weighted by Crippen LogP contribution is -2.24. The van der Waals surface area contributed by atoms with Crippen LogP contribution in [0.5, 0.6) is 0 Å². The fourth-order valence-corrected chi connectivity index (χ4v) is 4.69. The van der Waals surface area contributed by atoms with Gasteiger partial charge in [0.05, 0.1) is 10.6 Å². The summed E-state index contributed by atoms with van der Waals surface area (Å²) >= 11 is 1.48.